The van der Waals surface area contributed by atoms with Crippen molar-refractivity contribution in [1.82, 2.24) is 9.97 Å². The van der Waals surface area contributed by atoms with Crippen molar-refractivity contribution in [3.8, 4) is 11.3 Å². The molecule has 0 radical (unpaired) electrons. The molecule has 2 heterocycles. The molecule has 22 heavy (non-hydrogen) atoms. The summed E-state index contributed by atoms with van der Waals surface area (Å²) in [6.45, 7) is 7.41. The fourth-order valence-electron chi connectivity index (χ4n) is 2.47. The Morgan fingerprint density at radius 2 is 1.82 bits per heavy atom. The molecule has 0 atom stereocenters. The highest BCUT2D eigenvalue weighted by molar-refractivity contribution is 5.64. The molecule has 1 N–H and O–H groups in total. The van der Waals surface area contributed by atoms with Crippen molar-refractivity contribution in [2.75, 3.05) is 36.5 Å². The zero-order valence-electron chi connectivity index (χ0n) is 13.1. The molecule has 1 aromatic heterocycles. The quantitative estimate of drug-likeness (QED) is 0.940. The summed E-state index contributed by atoms with van der Waals surface area (Å²) in [5.41, 5.74) is 2.05. The van der Waals surface area contributed by atoms with Gasteiger partial charge in [-0.05, 0) is 13.8 Å². The minimum atomic E-state index is 0.295. The maximum Gasteiger partial charge on any atom is 0.225 e. The van der Waals surface area contributed by atoms with Crippen LogP contribution in [0.15, 0.2) is 36.4 Å². The van der Waals surface area contributed by atoms with Crippen molar-refractivity contribution >= 4 is 11.8 Å². The van der Waals surface area contributed by atoms with Gasteiger partial charge in [-0.3, -0.25) is 0 Å². The molecule has 1 fully saturated rings. The van der Waals surface area contributed by atoms with Gasteiger partial charge in [0.1, 0.15) is 5.82 Å². The van der Waals surface area contributed by atoms with Crippen molar-refractivity contribution in [3.63, 3.8) is 0 Å². The predicted octanol–water partition coefficient (Wildman–Crippen LogP) is 2.80. The van der Waals surface area contributed by atoms with Crippen LogP contribution in [-0.4, -0.2) is 42.3 Å². The Bertz CT molecular complexity index is 609. The molecule has 0 unspecified atom stereocenters. The van der Waals surface area contributed by atoms with E-state index < -0.39 is 0 Å². The highest BCUT2D eigenvalue weighted by atomic mass is 16.5. The fourth-order valence-corrected chi connectivity index (χ4v) is 2.47. The van der Waals surface area contributed by atoms with Gasteiger partial charge in [-0.25, -0.2) is 4.98 Å². The summed E-state index contributed by atoms with van der Waals surface area (Å²) < 4.78 is 5.43. The zero-order valence-corrected chi connectivity index (χ0v) is 13.1. The van der Waals surface area contributed by atoms with Crippen LogP contribution in [0.1, 0.15) is 13.8 Å². The lowest BCUT2D eigenvalue weighted by atomic mass is 10.1. The van der Waals surface area contributed by atoms with Crippen molar-refractivity contribution in [1.29, 1.82) is 0 Å². The molecule has 1 aliphatic heterocycles. The number of nitrogens with zero attached hydrogens (tertiary/aromatic N) is 3. The lowest BCUT2D eigenvalue weighted by Gasteiger charge is -2.28. The number of benzene rings is 1. The predicted molar refractivity (Wildman–Crippen MR) is 89.3 cm³/mol. The van der Waals surface area contributed by atoms with Gasteiger partial charge in [0, 0.05) is 30.8 Å². The molecule has 3 rings (SSSR count). The highest BCUT2D eigenvalue weighted by Gasteiger charge is 2.15. The lowest BCUT2D eigenvalue weighted by Crippen LogP contribution is -2.37. The molecule has 1 saturated heterocycles. The fraction of sp³-hybridized carbons (Fsp3) is 0.412. The van der Waals surface area contributed by atoms with Crippen LogP contribution in [0.3, 0.4) is 0 Å². The van der Waals surface area contributed by atoms with Crippen LogP contribution in [0.4, 0.5) is 11.8 Å². The monoisotopic (exact) mass is 298 g/mol. The standard InChI is InChI=1S/C17H22N4O/c1-13(2)18-17-19-15(14-6-4-3-5-7-14)12-16(20-17)21-8-10-22-11-9-21/h3-7,12-13H,8-11H2,1-2H3,(H,18,19,20). The van der Waals surface area contributed by atoms with E-state index in [2.05, 4.69) is 52.2 Å². The topological polar surface area (TPSA) is 50.3 Å². The highest BCUT2D eigenvalue weighted by Crippen LogP contribution is 2.24. The first-order chi connectivity index (χ1) is 10.7. The number of hydrogen-bond donors (Lipinski definition) is 1. The van der Waals surface area contributed by atoms with E-state index in [0.29, 0.717) is 12.0 Å². The molecular weight excluding hydrogens is 276 g/mol. The average Bonchev–Trinajstić information content (AvgIpc) is 2.55. The molecule has 1 aromatic carbocycles. The lowest BCUT2D eigenvalue weighted by molar-refractivity contribution is 0.122. The number of nitrogens with one attached hydrogen (secondary N) is 1. The van der Waals surface area contributed by atoms with Gasteiger partial charge in [0.25, 0.3) is 0 Å². The SMILES string of the molecule is CC(C)Nc1nc(-c2ccccc2)cc(N2CCOCC2)n1. The van der Waals surface area contributed by atoms with Crippen LogP contribution in [0.2, 0.25) is 0 Å². The second-order valence-electron chi connectivity index (χ2n) is 5.70. The second kappa shape index (κ2) is 6.75. The van der Waals surface area contributed by atoms with Gasteiger partial charge in [0.15, 0.2) is 0 Å². The number of aromatic nitrogens is 2. The average molecular weight is 298 g/mol. The molecule has 2 aromatic rings. The van der Waals surface area contributed by atoms with Crippen LogP contribution in [0, 0.1) is 0 Å². The Morgan fingerprint density at radius 1 is 1.09 bits per heavy atom. The third-order valence-corrected chi connectivity index (χ3v) is 3.54. The third-order valence-electron chi connectivity index (χ3n) is 3.54. The summed E-state index contributed by atoms with van der Waals surface area (Å²) in [5.74, 6) is 1.64. The van der Waals surface area contributed by atoms with E-state index >= 15 is 0 Å². The summed E-state index contributed by atoms with van der Waals surface area (Å²) in [7, 11) is 0. The van der Waals surface area contributed by atoms with Gasteiger partial charge in [-0.2, -0.15) is 4.98 Å². The molecule has 0 bridgehead atoms. The van der Waals surface area contributed by atoms with Gasteiger partial charge in [0.2, 0.25) is 5.95 Å². The number of hydrogen-bond acceptors (Lipinski definition) is 5. The smallest absolute Gasteiger partial charge is 0.225 e. The zero-order chi connectivity index (χ0) is 15.4. The summed E-state index contributed by atoms with van der Waals surface area (Å²) >= 11 is 0. The first-order valence-electron chi connectivity index (χ1n) is 7.76. The molecule has 5 nitrogen and oxygen atoms in total. The third kappa shape index (κ3) is 3.54. The van der Waals surface area contributed by atoms with E-state index in [1.165, 1.54) is 0 Å². The van der Waals surface area contributed by atoms with Gasteiger partial charge in [0.05, 0.1) is 18.9 Å². The van der Waals surface area contributed by atoms with Crippen LogP contribution in [0.5, 0.6) is 0 Å². The first kappa shape index (κ1) is 14.8. The van der Waals surface area contributed by atoms with Gasteiger partial charge >= 0.3 is 0 Å². The summed E-state index contributed by atoms with van der Waals surface area (Å²) in [5, 5.41) is 3.31. The molecular formula is C17H22N4O. The van der Waals surface area contributed by atoms with E-state index in [1.54, 1.807) is 0 Å². The maximum absolute atomic E-state index is 5.43. The first-order valence-corrected chi connectivity index (χ1v) is 7.76. The molecule has 116 valence electrons. The minimum absolute atomic E-state index is 0.295. The second-order valence-corrected chi connectivity index (χ2v) is 5.70. The summed E-state index contributed by atoms with van der Waals surface area (Å²) in [6.07, 6.45) is 0. The normalized spacial score (nSPS) is 15.1. The van der Waals surface area contributed by atoms with Crippen LogP contribution < -0.4 is 10.2 Å². The summed E-state index contributed by atoms with van der Waals surface area (Å²) in [4.78, 5) is 11.6. The van der Waals surface area contributed by atoms with Crippen LogP contribution in [0.25, 0.3) is 11.3 Å². The summed E-state index contributed by atoms with van der Waals surface area (Å²) in [6, 6.07) is 12.6. The largest absolute Gasteiger partial charge is 0.378 e. The Labute approximate surface area is 131 Å². The van der Waals surface area contributed by atoms with Crippen molar-refractivity contribution in [3.05, 3.63) is 36.4 Å². The Morgan fingerprint density at radius 3 is 2.50 bits per heavy atom. The molecule has 1 aliphatic rings. The molecule has 5 heteroatoms. The number of anilines is 2. The van der Waals surface area contributed by atoms with Crippen LogP contribution in [-0.2, 0) is 4.74 Å². The number of ether oxygens (including phenoxy) is 1. The maximum atomic E-state index is 5.43. The van der Waals surface area contributed by atoms with Crippen molar-refractivity contribution in [2.45, 2.75) is 19.9 Å². The van der Waals surface area contributed by atoms with E-state index in [0.717, 1.165) is 43.4 Å². The van der Waals surface area contributed by atoms with Gasteiger partial charge < -0.3 is 15.0 Å². The number of morpholine rings is 1. The van der Waals surface area contributed by atoms with E-state index in [9.17, 15) is 0 Å². The van der Waals surface area contributed by atoms with Crippen molar-refractivity contribution in [2.24, 2.45) is 0 Å². The van der Waals surface area contributed by atoms with Crippen molar-refractivity contribution < 1.29 is 4.74 Å². The van der Waals surface area contributed by atoms with E-state index in [-0.39, 0.29) is 0 Å². The van der Waals surface area contributed by atoms with Gasteiger partial charge in [-0.15, -0.1) is 0 Å². The number of rotatable bonds is 4. The molecule has 0 aliphatic carbocycles. The van der Waals surface area contributed by atoms with Gasteiger partial charge in [-0.1, -0.05) is 30.3 Å². The van der Waals surface area contributed by atoms with E-state index in [4.69, 9.17) is 4.74 Å². The molecule has 0 saturated carbocycles. The van der Waals surface area contributed by atoms with E-state index in [1.807, 2.05) is 18.2 Å². The Hall–Kier alpha value is -2.14. The molecule has 0 spiro atoms. The minimum Gasteiger partial charge on any atom is -0.378 e. The Balaban J connectivity index is 1.97. The molecule has 0 amide bonds. The van der Waals surface area contributed by atoms with Crippen LogP contribution >= 0.6 is 0 Å². The Kier molecular flexibility index (Phi) is 4.53.